The summed E-state index contributed by atoms with van der Waals surface area (Å²) in [6.07, 6.45) is 1.83. The Hall–Kier alpha value is -6.92. The lowest BCUT2D eigenvalue weighted by Gasteiger charge is -2.11. The predicted molar refractivity (Wildman–Crippen MR) is 201 cm³/mol. The molecule has 0 aliphatic rings. The maximum absolute atomic E-state index is 6.94. The van der Waals surface area contributed by atoms with Gasteiger partial charge in [0.2, 0.25) is 0 Å². The minimum atomic E-state index is 0.536. The molecule has 0 aliphatic heterocycles. The van der Waals surface area contributed by atoms with Crippen LogP contribution >= 0.6 is 0 Å². The van der Waals surface area contributed by atoms with E-state index in [0.717, 1.165) is 66.4 Å². The SMILES string of the molecule is c1ccc(-c2nc(-c3ccccc3)nc(-c3ccc(-c4ccccn4)c4c3oc3ccc5c6ccccc6n(-c6ccccc6)c5c34)n2)cc1. The third kappa shape index (κ3) is 4.43. The molecule has 0 bridgehead atoms. The summed E-state index contributed by atoms with van der Waals surface area (Å²) in [6, 6.07) is 53.6. The van der Waals surface area contributed by atoms with Crippen LogP contribution in [0.5, 0.6) is 0 Å². The highest BCUT2D eigenvalue weighted by Gasteiger charge is 2.25. The summed E-state index contributed by atoms with van der Waals surface area (Å²) in [5.74, 6) is 1.73. The van der Waals surface area contributed by atoms with Gasteiger partial charge in [-0.15, -0.1) is 0 Å². The molecule has 0 amide bonds. The lowest BCUT2D eigenvalue weighted by Crippen LogP contribution is -2.00. The van der Waals surface area contributed by atoms with Gasteiger partial charge in [0.1, 0.15) is 11.2 Å². The lowest BCUT2D eigenvalue weighted by molar-refractivity contribution is 0.670. The topological polar surface area (TPSA) is 69.6 Å². The number of fused-ring (bicyclic) bond motifs is 7. The summed E-state index contributed by atoms with van der Waals surface area (Å²) >= 11 is 0. The van der Waals surface area contributed by atoms with Crippen molar-refractivity contribution in [2.45, 2.75) is 0 Å². The van der Waals surface area contributed by atoms with Gasteiger partial charge >= 0.3 is 0 Å². The van der Waals surface area contributed by atoms with Crippen LogP contribution in [0.1, 0.15) is 0 Å². The fourth-order valence-corrected chi connectivity index (χ4v) is 7.10. The second-order valence-corrected chi connectivity index (χ2v) is 12.2. The molecule has 6 aromatic carbocycles. The lowest BCUT2D eigenvalue weighted by atomic mass is 9.98. The minimum Gasteiger partial charge on any atom is -0.455 e. The summed E-state index contributed by atoms with van der Waals surface area (Å²) in [5.41, 5.74) is 9.19. The quantitative estimate of drug-likeness (QED) is 0.187. The van der Waals surface area contributed by atoms with Gasteiger partial charge in [-0.1, -0.05) is 109 Å². The third-order valence-corrected chi connectivity index (χ3v) is 9.31. The zero-order valence-corrected chi connectivity index (χ0v) is 26.7. The maximum Gasteiger partial charge on any atom is 0.167 e. The summed E-state index contributed by atoms with van der Waals surface area (Å²) in [5, 5.41) is 4.30. The van der Waals surface area contributed by atoms with Gasteiger partial charge in [0.25, 0.3) is 0 Å². The average molecular weight is 642 g/mol. The van der Waals surface area contributed by atoms with Crippen LogP contribution in [-0.2, 0) is 0 Å². The Kier molecular flexibility index (Phi) is 6.39. The first-order valence-electron chi connectivity index (χ1n) is 16.6. The highest BCUT2D eigenvalue weighted by molar-refractivity contribution is 6.28. The van der Waals surface area contributed by atoms with Crippen molar-refractivity contribution in [1.82, 2.24) is 24.5 Å². The molecule has 10 rings (SSSR count). The van der Waals surface area contributed by atoms with Crippen LogP contribution in [0.3, 0.4) is 0 Å². The van der Waals surface area contributed by atoms with Crippen molar-refractivity contribution in [2.75, 3.05) is 0 Å². The number of nitrogens with zero attached hydrogens (tertiary/aromatic N) is 5. The molecule has 4 heterocycles. The van der Waals surface area contributed by atoms with Gasteiger partial charge in [-0.05, 0) is 48.5 Å². The van der Waals surface area contributed by atoms with Crippen molar-refractivity contribution < 1.29 is 4.42 Å². The summed E-state index contributed by atoms with van der Waals surface area (Å²) in [4.78, 5) is 19.9. The molecule has 0 unspecified atom stereocenters. The Morgan fingerprint density at radius 1 is 0.460 bits per heavy atom. The fourth-order valence-electron chi connectivity index (χ4n) is 7.10. The molecule has 6 nitrogen and oxygen atoms in total. The maximum atomic E-state index is 6.94. The van der Waals surface area contributed by atoms with E-state index in [0.29, 0.717) is 23.1 Å². The highest BCUT2D eigenvalue weighted by Crippen LogP contribution is 2.46. The first-order valence-corrected chi connectivity index (χ1v) is 16.6. The summed E-state index contributed by atoms with van der Waals surface area (Å²) in [7, 11) is 0. The number of pyridine rings is 1. The van der Waals surface area contributed by atoms with Crippen LogP contribution in [0.2, 0.25) is 0 Å². The molecule has 0 atom stereocenters. The molecular weight excluding hydrogens is 615 g/mol. The number of hydrogen-bond donors (Lipinski definition) is 0. The number of para-hydroxylation sites is 2. The average Bonchev–Trinajstić information content (AvgIpc) is 3.75. The standard InChI is InChI=1S/C44H27N5O/c1-4-14-28(15-5-1)42-46-43(29-16-6-2-7-17-29)48-44(47-42)34-24-23-33(35-21-12-13-27-45-35)38-39-37(50-41(34)38)26-25-32-31-20-10-11-22-36(31)49(40(32)39)30-18-8-3-9-19-30/h1-27H. The fraction of sp³-hybridized carbons (Fsp3) is 0. The second kappa shape index (κ2) is 11.4. The van der Waals surface area contributed by atoms with Gasteiger partial charge in [0.05, 0.1) is 27.7 Å². The minimum absolute atomic E-state index is 0.536. The van der Waals surface area contributed by atoms with Crippen LogP contribution in [-0.4, -0.2) is 24.5 Å². The van der Waals surface area contributed by atoms with E-state index in [1.165, 1.54) is 5.39 Å². The van der Waals surface area contributed by atoms with E-state index in [2.05, 4.69) is 77.4 Å². The van der Waals surface area contributed by atoms with Crippen molar-refractivity contribution >= 4 is 43.7 Å². The molecule has 50 heavy (non-hydrogen) atoms. The van der Waals surface area contributed by atoms with Gasteiger partial charge < -0.3 is 8.98 Å². The van der Waals surface area contributed by atoms with Crippen molar-refractivity contribution in [3.8, 4) is 51.1 Å². The van der Waals surface area contributed by atoms with Crippen molar-refractivity contribution in [2.24, 2.45) is 0 Å². The molecule has 6 heteroatoms. The monoisotopic (exact) mass is 641 g/mol. The molecule has 0 spiro atoms. The molecule has 0 saturated carbocycles. The number of furan rings is 1. The van der Waals surface area contributed by atoms with Gasteiger partial charge in [0, 0.05) is 44.7 Å². The molecular formula is C44H27N5O. The van der Waals surface area contributed by atoms with E-state index >= 15 is 0 Å². The largest absolute Gasteiger partial charge is 0.455 e. The number of aromatic nitrogens is 5. The zero-order chi connectivity index (χ0) is 33.0. The van der Waals surface area contributed by atoms with Crippen LogP contribution < -0.4 is 0 Å². The van der Waals surface area contributed by atoms with Gasteiger partial charge in [-0.2, -0.15) is 0 Å². The van der Waals surface area contributed by atoms with E-state index in [1.807, 2.05) is 91.1 Å². The first-order chi connectivity index (χ1) is 24.8. The molecule has 234 valence electrons. The third-order valence-electron chi connectivity index (χ3n) is 9.31. The van der Waals surface area contributed by atoms with E-state index < -0.39 is 0 Å². The van der Waals surface area contributed by atoms with E-state index in [9.17, 15) is 0 Å². The van der Waals surface area contributed by atoms with E-state index in [4.69, 9.17) is 24.4 Å². The predicted octanol–water partition coefficient (Wildman–Crippen LogP) is 10.9. The Morgan fingerprint density at radius 2 is 1.08 bits per heavy atom. The first kappa shape index (κ1) is 28.1. The molecule has 0 saturated heterocycles. The number of rotatable bonds is 5. The Balaban J connectivity index is 1.35. The summed E-state index contributed by atoms with van der Waals surface area (Å²) in [6.45, 7) is 0. The Morgan fingerprint density at radius 3 is 1.78 bits per heavy atom. The van der Waals surface area contributed by atoms with Gasteiger partial charge in [-0.25, -0.2) is 15.0 Å². The molecule has 4 aromatic heterocycles. The molecule has 0 fully saturated rings. The van der Waals surface area contributed by atoms with Crippen LogP contribution in [0.4, 0.5) is 0 Å². The van der Waals surface area contributed by atoms with Crippen molar-refractivity contribution in [3.05, 3.63) is 164 Å². The summed E-state index contributed by atoms with van der Waals surface area (Å²) < 4.78 is 9.29. The second-order valence-electron chi connectivity index (χ2n) is 12.2. The smallest absolute Gasteiger partial charge is 0.167 e. The van der Waals surface area contributed by atoms with Gasteiger partial charge in [-0.3, -0.25) is 4.98 Å². The normalized spacial score (nSPS) is 11.6. The zero-order valence-electron chi connectivity index (χ0n) is 26.7. The van der Waals surface area contributed by atoms with Gasteiger partial charge in [0.15, 0.2) is 17.5 Å². The molecule has 0 radical (unpaired) electrons. The van der Waals surface area contributed by atoms with Crippen LogP contribution in [0.15, 0.2) is 168 Å². The number of hydrogen-bond acceptors (Lipinski definition) is 5. The Bertz CT molecular complexity index is 2790. The van der Waals surface area contributed by atoms with E-state index in [-0.39, 0.29) is 0 Å². The van der Waals surface area contributed by atoms with E-state index in [1.54, 1.807) is 0 Å². The highest BCUT2D eigenvalue weighted by atomic mass is 16.3. The molecule has 0 aliphatic carbocycles. The van der Waals surface area contributed by atoms with Crippen molar-refractivity contribution in [1.29, 1.82) is 0 Å². The Labute approximate surface area is 287 Å². The molecule has 10 aromatic rings. The van der Waals surface area contributed by atoms with Crippen molar-refractivity contribution in [3.63, 3.8) is 0 Å². The van der Waals surface area contributed by atoms with Crippen LogP contribution in [0.25, 0.3) is 94.9 Å². The number of benzene rings is 6. The molecule has 0 N–H and O–H groups in total. The van der Waals surface area contributed by atoms with Crippen LogP contribution in [0, 0.1) is 0 Å².